The van der Waals surface area contributed by atoms with E-state index in [0.29, 0.717) is 5.69 Å². The van der Waals surface area contributed by atoms with Crippen LogP contribution in [0.15, 0.2) is 48.5 Å². The summed E-state index contributed by atoms with van der Waals surface area (Å²) in [5.74, 6) is -3.71. The summed E-state index contributed by atoms with van der Waals surface area (Å²) in [6.45, 7) is 1.53. The van der Waals surface area contributed by atoms with Crippen LogP contribution in [0.3, 0.4) is 0 Å². The van der Waals surface area contributed by atoms with E-state index in [1.807, 2.05) is 0 Å². The van der Waals surface area contributed by atoms with Crippen molar-refractivity contribution in [2.75, 3.05) is 21.7 Å². The molecule has 188 valence electrons. The van der Waals surface area contributed by atoms with Crippen LogP contribution in [0, 0.1) is 11.6 Å². The summed E-state index contributed by atoms with van der Waals surface area (Å²) in [4.78, 5) is 39.4. The van der Waals surface area contributed by atoms with Crippen molar-refractivity contribution in [3.05, 3.63) is 60.2 Å². The Morgan fingerprint density at radius 1 is 1.00 bits per heavy atom. The second-order valence-corrected chi connectivity index (χ2v) is 10.0. The van der Waals surface area contributed by atoms with Gasteiger partial charge in [0.15, 0.2) is 0 Å². The second kappa shape index (κ2) is 12.5. The highest BCUT2D eigenvalue weighted by Gasteiger charge is 2.30. The minimum absolute atomic E-state index is 0.0208. The number of hydrogen-bond donors (Lipinski definition) is 2. The lowest BCUT2D eigenvalue weighted by atomic mass is 9.95. The molecule has 1 aliphatic carbocycles. The highest BCUT2D eigenvalue weighted by molar-refractivity contribution is 7.86. The quantitative estimate of drug-likeness (QED) is 0.545. The van der Waals surface area contributed by atoms with Gasteiger partial charge >= 0.3 is 0 Å². The summed E-state index contributed by atoms with van der Waals surface area (Å²) in [6, 6.07) is 9.38. The third kappa shape index (κ3) is 7.95. The van der Waals surface area contributed by atoms with Gasteiger partial charge < -0.3 is 10.6 Å². The van der Waals surface area contributed by atoms with Crippen LogP contribution in [0.25, 0.3) is 0 Å². The highest BCUT2D eigenvalue weighted by Crippen LogP contribution is 2.21. The third-order valence-electron chi connectivity index (χ3n) is 5.78. The van der Waals surface area contributed by atoms with Crippen molar-refractivity contribution in [2.24, 2.45) is 0 Å². The third-order valence-corrected chi connectivity index (χ3v) is 6.93. The molecular weight excluding hydrogens is 476 g/mol. The van der Waals surface area contributed by atoms with Crippen molar-refractivity contribution in [1.29, 1.82) is 0 Å². The number of rotatable bonds is 9. The molecule has 1 fully saturated rings. The van der Waals surface area contributed by atoms with Gasteiger partial charge in [-0.25, -0.2) is 8.78 Å². The zero-order chi connectivity index (χ0) is 25.4. The molecule has 0 saturated heterocycles. The van der Waals surface area contributed by atoms with E-state index in [-0.39, 0.29) is 17.6 Å². The Morgan fingerprint density at radius 2 is 1.69 bits per heavy atom. The number of amides is 3. The summed E-state index contributed by atoms with van der Waals surface area (Å²) in [6.07, 6.45) is 4.88. The number of halogens is 2. The Hall–Kier alpha value is -3.14. The molecule has 0 bridgehead atoms. The molecule has 0 radical (unpaired) electrons. The largest absolute Gasteiger partial charge is 0.352 e. The molecule has 1 aliphatic rings. The Kier molecular flexibility index (Phi) is 9.47. The summed E-state index contributed by atoms with van der Waals surface area (Å²) in [5.41, 5.74) is 0.489. The standard InChI is InChI=1S/C25H29F2N3O4S/c1-17(25(33)29-20-7-3-2-4-8-20)30(22-9-5-6-19(27)14-22)24(32)16-35(34)15-23(31)28-21-12-10-18(26)11-13-21/h5-6,9-14,17,20H,2-4,7-8,15-16H2,1H3,(H,28,31)(H,29,33)/t17-,35-/m1/s1. The first-order valence-electron chi connectivity index (χ1n) is 11.5. The van der Waals surface area contributed by atoms with Gasteiger partial charge in [0, 0.05) is 28.2 Å². The van der Waals surface area contributed by atoms with Gasteiger partial charge in [-0.1, -0.05) is 25.3 Å². The summed E-state index contributed by atoms with van der Waals surface area (Å²) >= 11 is 0. The molecule has 35 heavy (non-hydrogen) atoms. The smallest absolute Gasteiger partial charge is 0.243 e. The van der Waals surface area contributed by atoms with Crippen molar-refractivity contribution < 1.29 is 27.4 Å². The molecule has 0 spiro atoms. The lowest BCUT2D eigenvalue weighted by Gasteiger charge is -2.31. The molecule has 0 aliphatic heterocycles. The molecule has 3 amide bonds. The molecule has 0 aromatic heterocycles. The van der Waals surface area contributed by atoms with E-state index in [1.54, 1.807) is 0 Å². The first-order valence-corrected chi connectivity index (χ1v) is 13.0. The highest BCUT2D eigenvalue weighted by atomic mass is 32.2. The van der Waals surface area contributed by atoms with Gasteiger partial charge in [-0.15, -0.1) is 0 Å². The van der Waals surface area contributed by atoms with E-state index < -0.39 is 51.8 Å². The van der Waals surface area contributed by atoms with Crippen LogP contribution in [0.1, 0.15) is 39.0 Å². The molecule has 0 unspecified atom stereocenters. The molecule has 10 heteroatoms. The fourth-order valence-electron chi connectivity index (χ4n) is 4.03. The lowest BCUT2D eigenvalue weighted by Crippen LogP contribution is -2.52. The van der Waals surface area contributed by atoms with Crippen LogP contribution in [0.5, 0.6) is 0 Å². The Morgan fingerprint density at radius 3 is 2.34 bits per heavy atom. The van der Waals surface area contributed by atoms with Crippen molar-refractivity contribution in [3.8, 4) is 0 Å². The zero-order valence-corrected chi connectivity index (χ0v) is 20.3. The normalized spacial score (nSPS) is 15.6. The number of nitrogens with one attached hydrogen (secondary N) is 2. The summed E-state index contributed by atoms with van der Waals surface area (Å²) in [7, 11) is -1.90. The predicted octanol–water partition coefficient (Wildman–Crippen LogP) is 3.52. The molecular formula is C25H29F2N3O4S. The van der Waals surface area contributed by atoms with Crippen molar-refractivity contribution in [3.63, 3.8) is 0 Å². The zero-order valence-electron chi connectivity index (χ0n) is 19.5. The molecule has 2 aromatic carbocycles. The van der Waals surface area contributed by atoms with E-state index in [9.17, 15) is 27.4 Å². The second-order valence-electron chi connectivity index (χ2n) is 8.55. The minimum atomic E-state index is -1.90. The van der Waals surface area contributed by atoms with E-state index in [4.69, 9.17) is 0 Å². The molecule has 2 aromatic rings. The molecule has 7 nitrogen and oxygen atoms in total. The number of anilines is 2. The average molecular weight is 506 g/mol. The number of nitrogens with zero attached hydrogens (tertiary/aromatic N) is 1. The SMILES string of the molecule is C[C@H](C(=O)NC1CCCCC1)N(C(=O)C[S@](=O)CC(=O)Nc1ccc(F)cc1)c1cccc(F)c1. The summed E-state index contributed by atoms with van der Waals surface area (Å²) in [5, 5.41) is 5.45. The van der Waals surface area contributed by atoms with E-state index >= 15 is 0 Å². The van der Waals surface area contributed by atoms with Crippen LogP contribution >= 0.6 is 0 Å². The van der Waals surface area contributed by atoms with Gasteiger partial charge in [0.05, 0.1) is 0 Å². The maximum absolute atomic E-state index is 13.9. The Labute approximate surface area is 205 Å². The number of carbonyl (C=O) groups is 3. The van der Waals surface area contributed by atoms with Crippen LogP contribution < -0.4 is 15.5 Å². The fraction of sp³-hybridized carbons (Fsp3) is 0.400. The maximum Gasteiger partial charge on any atom is 0.243 e. The summed E-state index contributed by atoms with van der Waals surface area (Å²) < 4.78 is 39.5. The van der Waals surface area contributed by atoms with Crippen LogP contribution in [0.4, 0.5) is 20.2 Å². The Bertz CT molecular complexity index is 1070. The van der Waals surface area contributed by atoms with Gasteiger partial charge in [0.2, 0.25) is 17.7 Å². The van der Waals surface area contributed by atoms with Gasteiger partial charge in [-0.2, -0.15) is 0 Å². The first-order chi connectivity index (χ1) is 16.7. The van der Waals surface area contributed by atoms with Crippen LogP contribution in [0.2, 0.25) is 0 Å². The van der Waals surface area contributed by atoms with E-state index in [1.165, 1.54) is 49.4 Å². The van der Waals surface area contributed by atoms with E-state index in [0.717, 1.165) is 43.1 Å². The fourth-order valence-corrected chi connectivity index (χ4v) is 4.91. The number of hydrogen-bond acceptors (Lipinski definition) is 4. The van der Waals surface area contributed by atoms with Gasteiger partial charge in [-0.05, 0) is 62.2 Å². The van der Waals surface area contributed by atoms with Crippen molar-refractivity contribution >= 4 is 39.9 Å². The number of benzene rings is 2. The van der Waals surface area contributed by atoms with Crippen LogP contribution in [-0.4, -0.2) is 45.5 Å². The average Bonchev–Trinajstić information content (AvgIpc) is 2.81. The van der Waals surface area contributed by atoms with Crippen molar-refractivity contribution in [1.82, 2.24) is 5.32 Å². The van der Waals surface area contributed by atoms with Gasteiger partial charge in [0.1, 0.15) is 29.2 Å². The van der Waals surface area contributed by atoms with E-state index in [2.05, 4.69) is 10.6 Å². The first kappa shape index (κ1) is 26.5. The maximum atomic E-state index is 13.9. The molecule has 1 saturated carbocycles. The Balaban J connectivity index is 1.67. The molecule has 2 atom stereocenters. The number of carbonyl (C=O) groups excluding carboxylic acids is 3. The minimum Gasteiger partial charge on any atom is -0.352 e. The molecule has 2 N–H and O–H groups in total. The van der Waals surface area contributed by atoms with Crippen molar-refractivity contribution in [2.45, 2.75) is 51.1 Å². The monoisotopic (exact) mass is 505 g/mol. The predicted molar refractivity (Wildman–Crippen MR) is 131 cm³/mol. The van der Waals surface area contributed by atoms with Gasteiger partial charge in [-0.3, -0.25) is 23.5 Å². The van der Waals surface area contributed by atoms with Crippen LogP contribution in [-0.2, 0) is 25.2 Å². The topological polar surface area (TPSA) is 95.6 Å². The lowest BCUT2D eigenvalue weighted by molar-refractivity contribution is -0.126. The molecule has 3 rings (SSSR count). The molecule has 0 heterocycles. The van der Waals surface area contributed by atoms with Gasteiger partial charge in [0.25, 0.3) is 0 Å².